The molecule has 5 nitrogen and oxygen atoms in total. The van der Waals surface area contributed by atoms with Crippen LogP contribution in [0.4, 0.5) is 13.2 Å². The van der Waals surface area contributed by atoms with Crippen LogP contribution in [0.2, 0.25) is 5.02 Å². The van der Waals surface area contributed by atoms with E-state index in [4.69, 9.17) is 16.6 Å². The Morgan fingerprint density at radius 3 is 2.43 bits per heavy atom. The normalized spacial score (nSPS) is 12.5. The number of aromatic nitrogens is 2. The number of aryl methyl sites for hydroxylation is 1. The predicted octanol–water partition coefficient (Wildman–Crippen LogP) is 6.98. The molecule has 0 fully saturated rings. The van der Waals surface area contributed by atoms with E-state index in [1.807, 2.05) is 13.8 Å². The molecule has 3 aromatic carbocycles. The Hall–Kier alpha value is -3.65. The average Bonchev–Trinajstić information content (AvgIpc) is 2.87. The molecule has 1 heterocycles. The number of rotatable bonds is 6. The first-order chi connectivity index (χ1) is 17.6. The summed E-state index contributed by atoms with van der Waals surface area (Å²) >= 11 is 6.16. The summed E-state index contributed by atoms with van der Waals surface area (Å²) in [4.78, 5) is 33.6. The number of alkyl halides is 3. The molecule has 0 saturated carbocycles. The molecule has 0 N–H and O–H groups in total. The Balaban J connectivity index is 1.93. The van der Waals surface area contributed by atoms with Crippen molar-refractivity contribution in [1.82, 2.24) is 14.5 Å². The molecule has 0 spiro atoms. The van der Waals surface area contributed by atoms with Gasteiger partial charge in [-0.2, -0.15) is 13.2 Å². The van der Waals surface area contributed by atoms with Crippen LogP contribution in [0, 0.1) is 6.92 Å². The van der Waals surface area contributed by atoms with Crippen LogP contribution in [0.25, 0.3) is 16.6 Å². The Bertz CT molecular complexity index is 1530. The van der Waals surface area contributed by atoms with Crippen molar-refractivity contribution in [3.8, 4) is 5.69 Å². The fraction of sp³-hybridized carbons (Fsp3) is 0.250. The molecule has 0 aliphatic carbocycles. The van der Waals surface area contributed by atoms with Crippen LogP contribution in [0.5, 0.6) is 0 Å². The first kappa shape index (κ1) is 26.4. The van der Waals surface area contributed by atoms with Gasteiger partial charge in [0.15, 0.2) is 0 Å². The van der Waals surface area contributed by atoms with Gasteiger partial charge in [0.05, 0.1) is 28.2 Å². The van der Waals surface area contributed by atoms with Gasteiger partial charge in [-0.3, -0.25) is 14.2 Å². The molecule has 0 saturated heterocycles. The summed E-state index contributed by atoms with van der Waals surface area (Å²) < 4.78 is 41.4. The van der Waals surface area contributed by atoms with Crippen molar-refractivity contribution in [3.05, 3.63) is 105 Å². The van der Waals surface area contributed by atoms with Crippen molar-refractivity contribution in [3.63, 3.8) is 0 Å². The highest BCUT2D eigenvalue weighted by Crippen LogP contribution is 2.32. The molecular weight excluding hydrogens is 503 g/mol. The van der Waals surface area contributed by atoms with Gasteiger partial charge in [0, 0.05) is 17.1 Å². The van der Waals surface area contributed by atoms with Gasteiger partial charge in [0.1, 0.15) is 5.82 Å². The summed E-state index contributed by atoms with van der Waals surface area (Å²) in [7, 11) is 0. The van der Waals surface area contributed by atoms with E-state index in [1.165, 1.54) is 21.6 Å². The van der Waals surface area contributed by atoms with Crippen LogP contribution in [0.15, 0.2) is 71.5 Å². The predicted molar refractivity (Wildman–Crippen MR) is 138 cm³/mol. The number of nitrogens with zero attached hydrogens (tertiary/aromatic N) is 3. The highest BCUT2D eigenvalue weighted by atomic mass is 35.5. The number of para-hydroxylation sites is 1. The molecule has 9 heteroatoms. The van der Waals surface area contributed by atoms with Crippen LogP contribution in [0.3, 0.4) is 0 Å². The minimum absolute atomic E-state index is 0.0903. The smallest absolute Gasteiger partial charge is 0.329 e. The maximum absolute atomic E-state index is 13.8. The Kier molecular flexibility index (Phi) is 7.41. The number of carbonyl (C=O) groups is 1. The van der Waals surface area contributed by atoms with E-state index in [1.54, 1.807) is 49.4 Å². The molecule has 0 bridgehead atoms. The zero-order chi connectivity index (χ0) is 26.9. The van der Waals surface area contributed by atoms with Gasteiger partial charge in [0.25, 0.3) is 11.5 Å². The molecule has 37 heavy (non-hydrogen) atoms. The van der Waals surface area contributed by atoms with Crippen LogP contribution in [0.1, 0.15) is 53.6 Å². The lowest BCUT2D eigenvalue weighted by atomic mass is 10.1. The largest absolute Gasteiger partial charge is 0.416 e. The molecule has 1 amide bonds. The van der Waals surface area contributed by atoms with E-state index in [2.05, 4.69) is 0 Å². The average molecular weight is 528 g/mol. The van der Waals surface area contributed by atoms with E-state index < -0.39 is 23.7 Å². The molecule has 4 aromatic rings. The lowest BCUT2D eigenvalue weighted by molar-refractivity contribution is -0.137. The van der Waals surface area contributed by atoms with Gasteiger partial charge in [-0.05, 0) is 74.4 Å². The van der Waals surface area contributed by atoms with Gasteiger partial charge in [0.2, 0.25) is 0 Å². The van der Waals surface area contributed by atoms with Gasteiger partial charge in [-0.1, -0.05) is 36.7 Å². The van der Waals surface area contributed by atoms with E-state index in [-0.39, 0.29) is 17.7 Å². The Labute approximate surface area is 217 Å². The maximum atomic E-state index is 13.8. The second-order valence-electron chi connectivity index (χ2n) is 8.65. The summed E-state index contributed by atoms with van der Waals surface area (Å²) in [5, 5.41) is 0.911. The van der Waals surface area contributed by atoms with Crippen molar-refractivity contribution in [2.24, 2.45) is 0 Å². The van der Waals surface area contributed by atoms with Gasteiger partial charge in [-0.15, -0.1) is 0 Å². The third-order valence-electron chi connectivity index (χ3n) is 6.30. The molecular formula is C28H25ClF3N3O2. The first-order valence-corrected chi connectivity index (χ1v) is 12.2. The molecule has 192 valence electrons. The quantitative estimate of drug-likeness (QED) is 0.272. The van der Waals surface area contributed by atoms with E-state index in [0.29, 0.717) is 33.9 Å². The van der Waals surface area contributed by atoms with Crippen LogP contribution < -0.4 is 5.56 Å². The maximum Gasteiger partial charge on any atom is 0.416 e. The third-order valence-corrected chi connectivity index (χ3v) is 6.54. The number of amides is 1. The molecule has 4 rings (SSSR count). The van der Waals surface area contributed by atoms with Crippen LogP contribution in [-0.4, -0.2) is 26.9 Å². The molecule has 1 aromatic heterocycles. The van der Waals surface area contributed by atoms with Crippen molar-refractivity contribution in [2.75, 3.05) is 6.54 Å². The molecule has 1 atom stereocenters. The Morgan fingerprint density at radius 1 is 1.05 bits per heavy atom. The molecule has 0 radical (unpaired) electrons. The monoisotopic (exact) mass is 527 g/mol. The number of hydrogen-bond acceptors (Lipinski definition) is 3. The van der Waals surface area contributed by atoms with Crippen LogP contribution in [-0.2, 0) is 6.18 Å². The summed E-state index contributed by atoms with van der Waals surface area (Å²) in [6.45, 7) is 5.59. The zero-order valence-corrected chi connectivity index (χ0v) is 21.3. The van der Waals surface area contributed by atoms with Crippen LogP contribution >= 0.6 is 11.6 Å². The standard InChI is InChI=1S/C28H25ClF3N3O2/c1-4-23(34(5-2)26(36)18-9-8-10-19(16-18)28(30,31)32)25-33-22-12-7-6-11-21(22)27(37)35(25)24-14-13-20(29)15-17(24)3/h6-16,23H,4-5H2,1-3H3/t23-/m0/s1. The molecule has 0 aliphatic rings. The summed E-state index contributed by atoms with van der Waals surface area (Å²) in [6, 6.07) is 15.7. The molecule has 0 aliphatic heterocycles. The van der Waals surface area contributed by atoms with E-state index >= 15 is 0 Å². The third kappa shape index (κ3) is 5.11. The number of halogens is 4. The fourth-order valence-corrected chi connectivity index (χ4v) is 4.74. The zero-order valence-electron chi connectivity index (χ0n) is 20.5. The number of benzene rings is 3. The van der Waals surface area contributed by atoms with Crippen molar-refractivity contribution < 1.29 is 18.0 Å². The highest BCUT2D eigenvalue weighted by Gasteiger charge is 2.33. The lowest BCUT2D eigenvalue weighted by Crippen LogP contribution is -2.38. The number of hydrogen-bond donors (Lipinski definition) is 0. The van der Waals surface area contributed by atoms with Gasteiger partial charge in [-0.25, -0.2) is 4.98 Å². The van der Waals surface area contributed by atoms with E-state index in [0.717, 1.165) is 17.7 Å². The van der Waals surface area contributed by atoms with Gasteiger partial charge >= 0.3 is 6.18 Å². The fourth-order valence-electron chi connectivity index (χ4n) is 4.52. The minimum atomic E-state index is -4.58. The summed E-state index contributed by atoms with van der Waals surface area (Å²) in [6.07, 6.45) is -4.21. The lowest BCUT2D eigenvalue weighted by Gasteiger charge is -2.32. The summed E-state index contributed by atoms with van der Waals surface area (Å²) in [5.41, 5.74) is 0.449. The second-order valence-corrected chi connectivity index (χ2v) is 9.09. The second kappa shape index (κ2) is 10.4. The number of carbonyl (C=O) groups excluding carboxylic acids is 1. The highest BCUT2D eigenvalue weighted by molar-refractivity contribution is 6.30. The Morgan fingerprint density at radius 2 is 1.78 bits per heavy atom. The summed E-state index contributed by atoms with van der Waals surface area (Å²) in [5.74, 6) is -0.263. The van der Waals surface area contributed by atoms with Crippen molar-refractivity contribution in [1.29, 1.82) is 0 Å². The van der Waals surface area contributed by atoms with E-state index in [9.17, 15) is 22.8 Å². The van der Waals surface area contributed by atoms with Crippen molar-refractivity contribution >= 4 is 28.4 Å². The SMILES string of the molecule is CC[C@@H](c1nc2ccccc2c(=O)n1-c1ccc(Cl)cc1C)N(CC)C(=O)c1cccc(C(F)(F)F)c1. The van der Waals surface area contributed by atoms with Crippen molar-refractivity contribution in [2.45, 2.75) is 39.4 Å². The first-order valence-electron chi connectivity index (χ1n) is 11.8. The number of fused-ring (bicyclic) bond motifs is 1. The topological polar surface area (TPSA) is 55.2 Å². The minimum Gasteiger partial charge on any atom is -0.329 e. The molecule has 0 unspecified atom stereocenters. The van der Waals surface area contributed by atoms with Gasteiger partial charge < -0.3 is 4.90 Å².